The van der Waals surface area contributed by atoms with Crippen LogP contribution >= 0.6 is 15.9 Å². The maximum atomic E-state index is 13.5. The van der Waals surface area contributed by atoms with Gasteiger partial charge in [-0.25, -0.2) is 0 Å². The van der Waals surface area contributed by atoms with Gasteiger partial charge in [0.2, 0.25) is 6.79 Å². The van der Waals surface area contributed by atoms with Crippen LogP contribution in [0.3, 0.4) is 0 Å². The summed E-state index contributed by atoms with van der Waals surface area (Å²) in [5.41, 5.74) is 3.10. The number of halogens is 1. The Morgan fingerprint density at radius 3 is 2.06 bits per heavy atom. The van der Waals surface area contributed by atoms with Gasteiger partial charge in [-0.3, -0.25) is 19.3 Å². The van der Waals surface area contributed by atoms with E-state index in [4.69, 9.17) is 9.47 Å². The van der Waals surface area contributed by atoms with E-state index in [1.54, 1.807) is 41.3 Å². The van der Waals surface area contributed by atoms with Gasteiger partial charge in [-0.2, -0.15) is 0 Å². The van der Waals surface area contributed by atoms with Crippen LogP contribution in [0.4, 0.5) is 5.69 Å². The van der Waals surface area contributed by atoms with Crippen LogP contribution in [0.2, 0.25) is 0 Å². The van der Waals surface area contributed by atoms with Gasteiger partial charge in [0, 0.05) is 10.2 Å². The summed E-state index contributed by atoms with van der Waals surface area (Å²) in [6, 6.07) is 16.2. The van der Waals surface area contributed by atoms with Gasteiger partial charge < -0.3 is 14.4 Å². The number of ether oxygens (including phenoxy) is 2. The van der Waals surface area contributed by atoms with Crippen molar-refractivity contribution in [3.05, 3.63) is 87.4 Å². The van der Waals surface area contributed by atoms with E-state index in [1.165, 1.54) is 0 Å². The average Bonchev–Trinajstić information content (AvgIpc) is 3.36. The quantitative estimate of drug-likeness (QED) is 0.393. The number of hydrogen-bond acceptors (Lipinski definition) is 5. The van der Waals surface area contributed by atoms with Gasteiger partial charge in [0.15, 0.2) is 11.5 Å². The van der Waals surface area contributed by atoms with Crippen LogP contribution in [0, 0.1) is 6.92 Å². The normalized spacial score (nSPS) is 20.8. The van der Waals surface area contributed by atoms with E-state index in [2.05, 4.69) is 15.9 Å². The van der Waals surface area contributed by atoms with Gasteiger partial charge in [-0.05, 0) is 48.9 Å². The second-order valence-corrected chi connectivity index (χ2v) is 9.04. The van der Waals surface area contributed by atoms with E-state index in [0.29, 0.717) is 32.8 Å². The highest BCUT2D eigenvalue weighted by Crippen LogP contribution is 2.49. The molecule has 3 aliphatic heterocycles. The van der Waals surface area contributed by atoms with E-state index >= 15 is 0 Å². The summed E-state index contributed by atoms with van der Waals surface area (Å²) < 4.78 is 11.7. The number of nitrogens with zero attached hydrogens (tertiary/aromatic N) is 2. The van der Waals surface area contributed by atoms with Gasteiger partial charge >= 0.3 is 0 Å². The minimum Gasteiger partial charge on any atom is -0.454 e. The van der Waals surface area contributed by atoms with Crippen LogP contribution in [0.1, 0.15) is 37.9 Å². The summed E-state index contributed by atoms with van der Waals surface area (Å²) in [7, 11) is 0. The van der Waals surface area contributed by atoms with Crippen molar-refractivity contribution in [2.45, 2.75) is 19.0 Å². The fraction of sp³-hybridized carbons (Fsp3) is 0.160. The lowest BCUT2D eigenvalue weighted by atomic mass is 9.86. The average molecular weight is 505 g/mol. The number of amides is 3. The Kier molecular flexibility index (Phi) is 4.35. The molecule has 3 heterocycles. The molecule has 7 nitrogen and oxygen atoms in total. The number of fused-ring (bicyclic) bond motifs is 2. The number of hydrogen-bond donors (Lipinski definition) is 0. The molecule has 0 aromatic heterocycles. The van der Waals surface area contributed by atoms with Crippen molar-refractivity contribution < 1.29 is 23.9 Å². The summed E-state index contributed by atoms with van der Waals surface area (Å²) in [5, 5.41) is 0. The molecule has 1 saturated heterocycles. The Hall–Kier alpha value is -3.65. The monoisotopic (exact) mass is 504 g/mol. The van der Waals surface area contributed by atoms with E-state index in [0.717, 1.165) is 16.0 Å². The van der Waals surface area contributed by atoms with E-state index < -0.39 is 23.9 Å². The topological polar surface area (TPSA) is 76.2 Å². The zero-order valence-electron chi connectivity index (χ0n) is 17.4. The maximum absolute atomic E-state index is 13.5. The molecule has 0 N–H and O–H groups in total. The fourth-order valence-corrected chi connectivity index (χ4v) is 5.20. The molecule has 8 heteroatoms. The zero-order valence-corrected chi connectivity index (χ0v) is 19.0. The lowest BCUT2D eigenvalue weighted by Crippen LogP contribution is -2.67. The summed E-state index contributed by atoms with van der Waals surface area (Å²) >= 11 is 3.59. The summed E-state index contributed by atoms with van der Waals surface area (Å²) in [5.74, 6) is -0.0883. The van der Waals surface area contributed by atoms with Crippen molar-refractivity contribution >= 4 is 39.3 Å². The molecule has 2 unspecified atom stereocenters. The Morgan fingerprint density at radius 1 is 0.818 bits per heavy atom. The summed E-state index contributed by atoms with van der Waals surface area (Å²) in [6.45, 7) is 2.08. The highest BCUT2D eigenvalue weighted by atomic mass is 79.9. The van der Waals surface area contributed by atoms with Crippen LogP contribution in [0.15, 0.2) is 65.1 Å². The lowest BCUT2D eigenvalue weighted by Gasteiger charge is -2.50. The third-order valence-corrected chi connectivity index (χ3v) is 6.98. The van der Waals surface area contributed by atoms with Crippen molar-refractivity contribution in [2.24, 2.45) is 0 Å². The standard InChI is InChI=1S/C25H17BrN2O5/c1-13-6-8-14(9-7-13)27-21(17-10-19-20(11-18(17)26)33-12-32-19)22(25(27)31)28-23(29)15-4-2-3-5-16(15)24(28)30/h2-11,21-22H,12H2,1H3. The summed E-state index contributed by atoms with van der Waals surface area (Å²) in [4.78, 5) is 42.6. The number of aryl methyl sites for hydroxylation is 1. The largest absolute Gasteiger partial charge is 0.454 e. The molecule has 3 aliphatic rings. The highest BCUT2D eigenvalue weighted by Gasteiger charge is 2.57. The Balaban J connectivity index is 1.48. The third kappa shape index (κ3) is 2.83. The number of carbonyl (C=O) groups excluding carboxylic acids is 3. The smallest absolute Gasteiger partial charge is 0.262 e. The van der Waals surface area contributed by atoms with Crippen molar-refractivity contribution in [1.82, 2.24) is 4.90 Å². The number of benzene rings is 3. The molecule has 3 aromatic carbocycles. The molecule has 0 spiro atoms. The van der Waals surface area contributed by atoms with Gasteiger partial charge in [0.05, 0.1) is 17.2 Å². The first kappa shape index (κ1) is 20.0. The first-order valence-electron chi connectivity index (χ1n) is 10.4. The van der Waals surface area contributed by atoms with Crippen LogP contribution in [-0.2, 0) is 4.79 Å². The Bertz CT molecular complexity index is 1320. The molecule has 33 heavy (non-hydrogen) atoms. The minimum atomic E-state index is -0.977. The second-order valence-electron chi connectivity index (χ2n) is 8.19. The van der Waals surface area contributed by atoms with E-state index in [9.17, 15) is 14.4 Å². The van der Waals surface area contributed by atoms with Crippen LogP contribution in [0.25, 0.3) is 0 Å². The number of β-lactam (4-membered cyclic amide) rings is 1. The van der Waals surface area contributed by atoms with Gasteiger partial charge in [-0.1, -0.05) is 45.8 Å². The Labute approximate surface area is 197 Å². The molecule has 1 fully saturated rings. The molecular weight excluding hydrogens is 488 g/mol. The third-order valence-electron chi connectivity index (χ3n) is 6.29. The predicted molar refractivity (Wildman–Crippen MR) is 122 cm³/mol. The lowest BCUT2D eigenvalue weighted by molar-refractivity contribution is -0.130. The molecule has 6 rings (SSSR count). The van der Waals surface area contributed by atoms with Crippen molar-refractivity contribution in [3.63, 3.8) is 0 Å². The molecule has 3 aromatic rings. The molecule has 2 atom stereocenters. The van der Waals surface area contributed by atoms with Crippen LogP contribution in [-0.4, -0.2) is 35.5 Å². The predicted octanol–water partition coefficient (Wildman–Crippen LogP) is 4.24. The summed E-state index contributed by atoms with van der Waals surface area (Å²) in [6.07, 6.45) is 0. The van der Waals surface area contributed by atoms with E-state index in [1.807, 2.05) is 31.2 Å². The zero-order chi connectivity index (χ0) is 22.9. The van der Waals surface area contributed by atoms with Crippen molar-refractivity contribution in [1.29, 1.82) is 0 Å². The van der Waals surface area contributed by atoms with Crippen LogP contribution in [0.5, 0.6) is 11.5 Å². The van der Waals surface area contributed by atoms with Gasteiger partial charge in [0.1, 0.15) is 6.04 Å². The first-order valence-corrected chi connectivity index (χ1v) is 11.2. The molecular formula is C25H17BrN2O5. The van der Waals surface area contributed by atoms with Crippen molar-refractivity contribution in [3.8, 4) is 11.5 Å². The number of carbonyl (C=O) groups is 3. The highest BCUT2D eigenvalue weighted by molar-refractivity contribution is 9.10. The fourth-order valence-electron chi connectivity index (χ4n) is 4.65. The van der Waals surface area contributed by atoms with Crippen LogP contribution < -0.4 is 14.4 Å². The van der Waals surface area contributed by atoms with Gasteiger partial charge in [-0.15, -0.1) is 0 Å². The molecule has 0 aliphatic carbocycles. The molecule has 0 saturated carbocycles. The SMILES string of the molecule is Cc1ccc(N2C(=O)C(N3C(=O)c4ccccc4C3=O)C2c2cc3c(cc2Br)OCO3)cc1. The van der Waals surface area contributed by atoms with Crippen molar-refractivity contribution in [2.75, 3.05) is 11.7 Å². The molecule has 164 valence electrons. The minimum absolute atomic E-state index is 0.109. The number of rotatable bonds is 3. The molecule has 0 bridgehead atoms. The molecule has 0 radical (unpaired) electrons. The van der Waals surface area contributed by atoms with E-state index in [-0.39, 0.29) is 12.7 Å². The number of imide groups is 1. The number of anilines is 1. The first-order chi connectivity index (χ1) is 16.0. The second kappa shape index (κ2) is 7.18. The maximum Gasteiger partial charge on any atom is 0.262 e. The Morgan fingerprint density at radius 2 is 1.42 bits per heavy atom. The molecule has 3 amide bonds. The van der Waals surface area contributed by atoms with Gasteiger partial charge in [0.25, 0.3) is 17.7 Å².